The van der Waals surface area contributed by atoms with Gasteiger partial charge in [0, 0.05) is 38.3 Å². The molecule has 0 spiro atoms. The van der Waals surface area contributed by atoms with Gasteiger partial charge in [-0.3, -0.25) is 0 Å². The van der Waals surface area contributed by atoms with Gasteiger partial charge < -0.3 is 9.13 Å². The minimum atomic E-state index is 1.03. The lowest BCUT2D eigenvalue weighted by atomic mass is 9.92. The molecular weight excluding hydrogens is 717 g/mol. The number of hydrogen-bond acceptors (Lipinski definition) is 1. The molecule has 0 saturated heterocycles. The van der Waals surface area contributed by atoms with Gasteiger partial charge >= 0.3 is 0 Å². The van der Waals surface area contributed by atoms with Crippen molar-refractivity contribution in [3.05, 3.63) is 206 Å². The van der Waals surface area contributed by atoms with Gasteiger partial charge in [-0.25, -0.2) is 4.68 Å². The fourth-order valence-corrected chi connectivity index (χ4v) is 9.95. The zero-order valence-electron chi connectivity index (χ0n) is 31.9. The molecule has 0 bridgehead atoms. The Morgan fingerprint density at radius 3 is 1.51 bits per heavy atom. The highest BCUT2D eigenvalue weighted by molar-refractivity contribution is 6.26. The second-order valence-corrected chi connectivity index (χ2v) is 15.6. The van der Waals surface area contributed by atoms with E-state index >= 15 is 0 Å². The zero-order chi connectivity index (χ0) is 38.6. The first kappa shape index (κ1) is 32.2. The van der Waals surface area contributed by atoms with Crippen LogP contribution in [0.2, 0.25) is 0 Å². The van der Waals surface area contributed by atoms with Crippen molar-refractivity contribution in [1.29, 1.82) is 0 Å². The maximum absolute atomic E-state index is 5.21. The molecule has 4 heteroatoms. The highest BCUT2D eigenvalue weighted by Gasteiger charge is 2.21. The summed E-state index contributed by atoms with van der Waals surface area (Å²) in [6.07, 6.45) is 2.05. The van der Waals surface area contributed by atoms with Crippen LogP contribution < -0.4 is 0 Å². The fourth-order valence-electron chi connectivity index (χ4n) is 9.95. The predicted octanol–water partition coefficient (Wildman–Crippen LogP) is 14.3. The summed E-state index contributed by atoms with van der Waals surface area (Å²) in [7, 11) is 0. The fraction of sp³-hybridized carbons (Fsp3) is 0. The molecule has 0 saturated carbocycles. The molecule has 3 aromatic heterocycles. The van der Waals surface area contributed by atoms with E-state index in [0.717, 1.165) is 44.5 Å². The molecule has 0 amide bonds. The molecule has 0 aliphatic rings. The van der Waals surface area contributed by atoms with Crippen molar-refractivity contribution in [3.8, 4) is 28.2 Å². The minimum Gasteiger partial charge on any atom is -0.309 e. The van der Waals surface area contributed by atoms with Crippen LogP contribution in [0.25, 0.3) is 115 Å². The van der Waals surface area contributed by atoms with Crippen LogP contribution in [0.4, 0.5) is 0 Å². The molecule has 59 heavy (non-hydrogen) atoms. The van der Waals surface area contributed by atoms with Gasteiger partial charge in [0.05, 0.1) is 39.5 Å². The Morgan fingerprint density at radius 1 is 0.288 bits per heavy atom. The molecule has 4 nitrogen and oxygen atoms in total. The number of hydrogen-bond donors (Lipinski definition) is 0. The van der Waals surface area contributed by atoms with Crippen LogP contribution >= 0.6 is 0 Å². The number of rotatable bonds is 4. The standard InChI is InChI=1S/C55H34N4/c1-2-15-37(16-3-1)57-50-25-10-9-23-45(50)47-30-31-52-49(54(47)57)34-56-59(52)53-27-13-24-46-44-22-8-11-26-51(44)58(55(46)53)38-17-12-14-35(32-38)36-28-29-43-41-20-5-4-18-39(41)40-19-6-7-21-42(40)48(43)33-36/h1-34H. The van der Waals surface area contributed by atoms with Gasteiger partial charge in [0.15, 0.2) is 0 Å². The van der Waals surface area contributed by atoms with E-state index in [1.165, 1.54) is 70.5 Å². The lowest BCUT2D eigenvalue weighted by molar-refractivity contribution is 0.912. The maximum Gasteiger partial charge on any atom is 0.0899 e. The molecule has 0 atom stereocenters. The summed E-state index contributed by atoms with van der Waals surface area (Å²) in [6.45, 7) is 0. The summed E-state index contributed by atoms with van der Waals surface area (Å²) in [4.78, 5) is 0. The number of benzene rings is 10. The second kappa shape index (κ2) is 12.3. The average molecular weight is 751 g/mol. The van der Waals surface area contributed by atoms with E-state index in [1.54, 1.807) is 0 Å². The Morgan fingerprint density at radius 2 is 0.797 bits per heavy atom. The van der Waals surface area contributed by atoms with Gasteiger partial charge in [0.1, 0.15) is 0 Å². The second-order valence-electron chi connectivity index (χ2n) is 15.6. The molecular formula is C55H34N4. The van der Waals surface area contributed by atoms with Gasteiger partial charge in [-0.2, -0.15) is 5.10 Å². The van der Waals surface area contributed by atoms with Crippen molar-refractivity contribution in [1.82, 2.24) is 18.9 Å². The highest BCUT2D eigenvalue weighted by atomic mass is 15.3. The number of fused-ring (bicyclic) bond motifs is 14. The number of aromatic nitrogens is 4. The van der Waals surface area contributed by atoms with Gasteiger partial charge in [-0.05, 0) is 104 Å². The Kier molecular flexibility index (Phi) is 6.69. The molecule has 274 valence electrons. The van der Waals surface area contributed by atoms with Crippen molar-refractivity contribution >= 4 is 86.8 Å². The number of nitrogens with zero attached hydrogens (tertiary/aromatic N) is 4. The van der Waals surface area contributed by atoms with Crippen LogP contribution in [0, 0.1) is 0 Å². The van der Waals surface area contributed by atoms with Gasteiger partial charge in [0.25, 0.3) is 0 Å². The summed E-state index contributed by atoms with van der Waals surface area (Å²) < 4.78 is 6.96. The Bertz CT molecular complexity index is 3810. The van der Waals surface area contributed by atoms with Crippen molar-refractivity contribution in [3.63, 3.8) is 0 Å². The largest absolute Gasteiger partial charge is 0.309 e. The molecule has 0 radical (unpaired) electrons. The first-order valence-electron chi connectivity index (χ1n) is 20.2. The quantitative estimate of drug-likeness (QED) is 0.165. The van der Waals surface area contributed by atoms with Crippen molar-refractivity contribution in [2.24, 2.45) is 0 Å². The number of para-hydroxylation sites is 4. The molecule has 0 fully saturated rings. The molecule has 0 aliphatic carbocycles. The third-order valence-electron chi connectivity index (χ3n) is 12.5. The highest BCUT2D eigenvalue weighted by Crippen LogP contribution is 2.41. The summed E-state index contributed by atoms with van der Waals surface area (Å²) in [5.74, 6) is 0. The van der Waals surface area contributed by atoms with Crippen LogP contribution in [0.5, 0.6) is 0 Å². The van der Waals surface area contributed by atoms with E-state index in [9.17, 15) is 0 Å². The Balaban J connectivity index is 1.04. The van der Waals surface area contributed by atoms with Gasteiger partial charge in [0.2, 0.25) is 0 Å². The smallest absolute Gasteiger partial charge is 0.0899 e. The Labute approximate surface area is 339 Å². The molecule has 13 aromatic rings. The third-order valence-corrected chi connectivity index (χ3v) is 12.5. The minimum absolute atomic E-state index is 1.03. The average Bonchev–Trinajstić information content (AvgIpc) is 4.00. The normalized spacial score (nSPS) is 12.1. The first-order chi connectivity index (χ1) is 29.3. The van der Waals surface area contributed by atoms with Gasteiger partial charge in [-0.15, -0.1) is 0 Å². The monoisotopic (exact) mass is 750 g/mol. The van der Waals surface area contributed by atoms with E-state index in [0.29, 0.717) is 0 Å². The van der Waals surface area contributed by atoms with E-state index in [1.807, 2.05) is 0 Å². The Hall–Kier alpha value is -7.95. The van der Waals surface area contributed by atoms with Crippen LogP contribution in [0.15, 0.2) is 206 Å². The van der Waals surface area contributed by atoms with Crippen LogP contribution in [-0.4, -0.2) is 18.9 Å². The van der Waals surface area contributed by atoms with Gasteiger partial charge in [-0.1, -0.05) is 140 Å². The maximum atomic E-state index is 5.21. The summed E-state index contributed by atoms with van der Waals surface area (Å²) in [5.41, 5.74) is 11.3. The predicted molar refractivity (Wildman–Crippen MR) is 248 cm³/mol. The molecule has 10 aromatic carbocycles. The molecule has 3 heterocycles. The van der Waals surface area contributed by atoms with Crippen LogP contribution in [0.3, 0.4) is 0 Å². The topological polar surface area (TPSA) is 27.7 Å². The van der Waals surface area contributed by atoms with Crippen LogP contribution in [0.1, 0.15) is 0 Å². The summed E-state index contributed by atoms with van der Waals surface area (Å²) in [6, 6.07) is 72.8. The molecule has 0 N–H and O–H groups in total. The lowest BCUT2D eigenvalue weighted by Crippen LogP contribution is -2.02. The zero-order valence-corrected chi connectivity index (χ0v) is 31.9. The third kappa shape index (κ3) is 4.57. The van der Waals surface area contributed by atoms with Crippen molar-refractivity contribution in [2.75, 3.05) is 0 Å². The van der Waals surface area contributed by atoms with Crippen molar-refractivity contribution < 1.29 is 0 Å². The van der Waals surface area contributed by atoms with E-state index in [-0.39, 0.29) is 0 Å². The summed E-state index contributed by atoms with van der Waals surface area (Å²) in [5, 5.41) is 18.9. The van der Waals surface area contributed by atoms with E-state index in [4.69, 9.17) is 5.10 Å². The van der Waals surface area contributed by atoms with E-state index < -0.39 is 0 Å². The van der Waals surface area contributed by atoms with Crippen LogP contribution in [-0.2, 0) is 0 Å². The molecule has 13 rings (SSSR count). The summed E-state index contributed by atoms with van der Waals surface area (Å²) >= 11 is 0. The molecule has 0 aliphatic heterocycles. The first-order valence-corrected chi connectivity index (χ1v) is 20.2. The van der Waals surface area contributed by atoms with E-state index in [2.05, 4.69) is 220 Å². The van der Waals surface area contributed by atoms with Crippen molar-refractivity contribution in [2.45, 2.75) is 0 Å². The SMILES string of the molecule is c1ccc(-n2c3ccccc3c3ccc4c(cnn4-c4cccc5c6ccccc6n(-c6cccc(-c7ccc8c9ccccc9c9ccccc9c8c7)c6)c45)c32)cc1. The molecule has 0 unspecified atom stereocenters. The lowest BCUT2D eigenvalue weighted by Gasteiger charge is -2.15.